The van der Waals surface area contributed by atoms with Gasteiger partial charge in [0, 0.05) is 6.54 Å². The van der Waals surface area contributed by atoms with E-state index < -0.39 is 36.4 Å². The molecular weight excluding hydrogens is 278 g/mol. The van der Waals surface area contributed by atoms with Crippen LogP contribution in [0.15, 0.2) is 0 Å². The van der Waals surface area contributed by atoms with Crippen molar-refractivity contribution < 1.29 is 24.3 Å². The van der Waals surface area contributed by atoms with Gasteiger partial charge in [-0.2, -0.15) is 0 Å². The normalized spacial score (nSPS) is 26.0. The molecule has 2 saturated heterocycles. The van der Waals surface area contributed by atoms with Gasteiger partial charge in [0.05, 0.1) is 6.54 Å². The monoisotopic (exact) mass is 297 g/mol. The second kappa shape index (κ2) is 6.11. The van der Waals surface area contributed by atoms with Crippen molar-refractivity contribution in [2.24, 2.45) is 5.92 Å². The predicted octanol–water partition coefficient (Wildman–Crippen LogP) is -0.360. The van der Waals surface area contributed by atoms with Crippen molar-refractivity contribution in [2.75, 3.05) is 19.6 Å². The van der Waals surface area contributed by atoms with Gasteiger partial charge >= 0.3 is 12.0 Å². The van der Waals surface area contributed by atoms with E-state index in [4.69, 9.17) is 0 Å². The molecule has 21 heavy (non-hydrogen) atoms. The van der Waals surface area contributed by atoms with Crippen LogP contribution in [0.2, 0.25) is 0 Å². The molecule has 0 saturated carbocycles. The summed E-state index contributed by atoms with van der Waals surface area (Å²) < 4.78 is 0. The second-order valence-electron chi connectivity index (χ2n) is 5.38. The Bertz CT molecular complexity index is 462. The molecule has 8 heteroatoms. The number of nitrogens with one attached hydrogen (secondary N) is 1. The number of carboxylic acid groups (broad SMARTS) is 1. The Labute approximate surface area is 122 Å². The third-order valence-electron chi connectivity index (χ3n) is 4.12. The summed E-state index contributed by atoms with van der Waals surface area (Å²) >= 11 is 0. The number of likely N-dealkylation sites (tertiary alicyclic amines) is 1. The number of carboxylic acids is 1. The number of urea groups is 1. The summed E-state index contributed by atoms with van der Waals surface area (Å²) in [5, 5.41) is 11.6. The third-order valence-corrected chi connectivity index (χ3v) is 4.12. The fraction of sp³-hybridized carbons (Fsp3) is 0.692. The van der Waals surface area contributed by atoms with Crippen LogP contribution in [-0.4, -0.2) is 64.4 Å². The molecule has 2 aliphatic heterocycles. The highest BCUT2D eigenvalue weighted by atomic mass is 16.4. The van der Waals surface area contributed by atoms with E-state index in [9.17, 15) is 24.3 Å². The Kier molecular flexibility index (Phi) is 4.44. The molecule has 0 aromatic rings. The van der Waals surface area contributed by atoms with Crippen LogP contribution in [-0.2, 0) is 14.4 Å². The van der Waals surface area contributed by atoms with Crippen LogP contribution in [0.3, 0.4) is 0 Å². The van der Waals surface area contributed by atoms with E-state index in [1.165, 1.54) is 4.90 Å². The first-order chi connectivity index (χ1) is 9.93. The number of imide groups is 1. The van der Waals surface area contributed by atoms with Gasteiger partial charge in [0.15, 0.2) is 0 Å². The number of nitrogens with zero attached hydrogens (tertiary/aromatic N) is 2. The average Bonchev–Trinajstić information content (AvgIpc) is 2.78. The molecule has 116 valence electrons. The van der Waals surface area contributed by atoms with Gasteiger partial charge in [-0.1, -0.05) is 13.3 Å². The largest absolute Gasteiger partial charge is 0.480 e. The zero-order valence-electron chi connectivity index (χ0n) is 11.9. The van der Waals surface area contributed by atoms with Gasteiger partial charge in [0.25, 0.3) is 5.91 Å². The molecule has 4 amide bonds. The first-order valence-electron chi connectivity index (χ1n) is 7.04. The highest BCUT2D eigenvalue weighted by Gasteiger charge is 2.38. The third kappa shape index (κ3) is 3.14. The first-order valence-corrected chi connectivity index (χ1v) is 7.04. The van der Waals surface area contributed by atoms with Crippen LogP contribution >= 0.6 is 0 Å². The van der Waals surface area contributed by atoms with Gasteiger partial charge < -0.3 is 15.3 Å². The Morgan fingerprint density at radius 1 is 1.38 bits per heavy atom. The summed E-state index contributed by atoms with van der Waals surface area (Å²) in [5.74, 6) is -1.73. The van der Waals surface area contributed by atoms with E-state index in [1.54, 1.807) is 0 Å². The van der Waals surface area contributed by atoms with Crippen LogP contribution in [0.1, 0.15) is 26.2 Å². The lowest BCUT2D eigenvalue weighted by Crippen LogP contribution is -2.53. The van der Waals surface area contributed by atoms with Gasteiger partial charge in [0.2, 0.25) is 5.91 Å². The van der Waals surface area contributed by atoms with Gasteiger partial charge in [-0.05, 0) is 18.8 Å². The maximum atomic E-state index is 12.2. The summed E-state index contributed by atoms with van der Waals surface area (Å²) in [7, 11) is 0. The van der Waals surface area contributed by atoms with Crippen molar-refractivity contribution in [2.45, 2.75) is 32.2 Å². The second-order valence-corrected chi connectivity index (χ2v) is 5.38. The zero-order chi connectivity index (χ0) is 15.6. The predicted molar refractivity (Wildman–Crippen MR) is 71.3 cm³/mol. The summed E-state index contributed by atoms with van der Waals surface area (Å²) in [6, 6.07) is -1.49. The average molecular weight is 297 g/mol. The highest BCUT2D eigenvalue weighted by molar-refractivity contribution is 6.04. The lowest BCUT2D eigenvalue weighted by Gasteiger charge is -2.37. The maximum absolute atomic E-state index is 12.2. The van der Waals surface area contributed by atoms with E-state index in [0.717, 1.165) is 17.7 Å². The molecular formula is C13H19N3O5. The lowest BCUT2D eigenvalue weighted by atomic mass is 9.89. The number of hydrogen-bond acceptors (Lipinski definition) is 4. The van der Waals surface area contributed by atoms with Crippen molar-refractivity contribution >= 4 is 23.8 Å². The first kappa shape index (κ1) is 15.3. The van der Waals surface area contributed by atoms with Crippen LogP contribution in [0, 0.1) is 5.92 Å². The summed E-state index contributed by atoms with van der Waals surface area (Å²) in [6.45, 7) is 1.82. The quantitative estimate of drug-likeness (QED) is 0.689. The molecule has 2 fully saturated rings. The molecule has 0 aliphatic carbocycles. The topological polar surface area (TPSA) is 107 Å². The summed E-state index contributed by atoms with van der Waals surface area (Å²) in [5.41, 5.74) is 0. The van der Waals surface area contributed by atoms with Crippen molar-refractivity contribution in [3.05, 3.63) is 0 Å². The van der Waals surface area contributed by atoms with Crippen molar-refractivity contribution in [1.29, 1.82) is 0 Å². The minimum Gasteiger partial charge on any atom is -0.480 e. The Morgan fingerprint density at radius 2 is 2.10 bits per heavy atom. The molecule has 2 unspecified atom stereocenters. The number of carbonyl (C=O) groups excluding carboxylic acids is 3. The van der Waals surface area contributed by atoms with E-state index in [2.05, 4.69) is 5.32 Å². The standard InChI is InChI=1S/C13H19N3O5/c1-2-8-3-4-15(9(5-8)12(19)20)11(18)7-16-10(17)6-14-13(16)21/h8-9H,2-7H2,1H3,(H,14,21)(H,19,20). The maximum Gasteiger partial charge on any atom is 0.326 e. The van der Waals surface area contributed by atoms with Crippen molar-refractivity contribution in [1.82, 2.24) is 15.1 Å². The Morgan fingerprint density at radius 3 is 2.62 bits per heavy atom. The van der Waals surface area contributed by atoms with Crippen LogP contribution in [0.25, 0.3) is 0 Å². The number of aliphatic carboxylic acids is 1. The molecule has 0 aromatic carbocycles. The van der Waals surface area contributed by atoms with Crippen molar-refractivity contribution in [3.8, 4) is 0 Å². The molecule has 0 aromatic heterocycles. The fourth-order valence-electron chi connectivity index (χ4n) is 2.78. The summed E-state index contributed by atoms with van der Waals surface area (Å²) in [6.07, 6.45) is 2.03. The molecule has 0 radical (unpaired) electrons. The van der Waals surface area contributed by atoms with Gasteiger partial charge in [0.1, 0.15) is 12.6 Å². The Hall–Kier alpha value is -2.12. The number of carbonyl (C=O) groups is 4. The highest BCUT2D eigenvalue weighted by Crippen LogP contribution is 2.25. The SMILES string of the molecule is CCC1CCN(C(=O)CN2C(=O)CNC2=O)C(C(=O)O)C1. The van der Waals surface area contributed by atoms with Crippen LogP contribution in [0.5, 0.6) is 0 Å². The minimum absolute atomic E-state index is 0.119. The molecule has 2 N–H and O–H groups in total. The lowest BCUT2D eigenvalue weighted by molar-refractivity contribution is -0.153. The molecule has 2 aliphatic rings. The number of amides is 4. The van der Waals surface area contributed by atoms with Crippen LogP contribution in [0.4, 0.5) is 4.79 Å². The molecule has 0 spiro atoms. The Balaban J connectivity index is 2.05. The molecule has 2 atom stereocenters. The van der Waals surface area contributed by atoms with Gasteiger partial charge in [-0.25, -0.2) is 9.59 Å². The number of hydrogen-bond donors (Lipinski definition) is 2. The molecule has 2 heterocycles. The number of rotatable bonds is 4. The fourth-order valence-corrected chi connectivity index (χ4v) is 2.78. The van der Waals surface area contributed by atoms with E-state index in [-0.39, 0.29) is 12.5 Å². The van der Waals surface area contributed by atoms with E-state index in [0.29, 0.717) is 13.0 Å². The molecule has 2 rings (SSSR count). The summed E-state index contributed by atoms with van der Waals surface area (Å²) in [4.78, 5) is 48.6. The minimum atomic E-state index is -1.04. The smallest absolute Gasteiger partial charge is 0.326 e. The van der Waals surface area contributed by atoms with Gasteiger partial charge in [-0.15, -0.1) is 0 Å². The number of piperidine rings is 1. The van der Waals surface area contributed by atoms with Crippen molar-refractivity contribution in [3.63, 3.8) is 0 Å². The van der Waals surface area contributed by atoms with E-state index >= 15 is 0 Å². The van der Waals surface area contributed by atoms with E-state index in [1.807, 2.05) is 6.92 Å². The molecule has 0 bridgehead atoms. The van der Waals surface area contributed by atoms with Crippen LogP contribution < -0.4 is 5.32 Å². The zero-order valence-corrected chi connectivity index (χ0v) is 11.9. The van der Waals surface area contributed by atoms with Gasteiger partial charge in [-0.3, -0.25) is 14.5 Å². The molecule has 8 nitrogen and oxygen atoms in total.